The molecule has 174 valence electrons. The predicted octanol–water partition coefficient (Wildman–Crippen LogP) is 4.83. The van der Waals surface area contributed by atoms with Gasteiger partial charge in [-0.15, -0.1) is 0 Å². The van der Waals surface area contributed by atoms with Crippen LogP contribution in [0.3, 0.4) is 0 Å². The molecule has 0 aliphatic rings. The second-order valence-corrected chi connectivity index (χ2v) is 7.42. The molecular weight excluding hydrogens is 453 g/mol. The number of nitrogens with one attached hydrogen (secondary N) is 1. The molecular formula is C24H17F3N2O5. The van der Waals surface area contributed by atoms with Gasteiger partial charge in [0.25, 0.3) is 0 Å². The highest BCUT2D eigenvalue weighted by molar-refractivity contribution is 5.80. The van der Waals surface area contributed by atoms with E-state index < -0.39 is 35.6 Å². The minimum atomic E-state index is -1.27. The Hall–Kier alpha value is -4.34. The molecule has 0 radical (unpaired) electrons. The van der Waals surface area contributed by atoms with E-state index in [9.17, 15) is 27.9 Å². The second-order valence-electron chi connectivity index (χ2n) is 7.42. The quantitative estimate of drug-likeness (QED) is 0.401. The molecule has 0 aliphatic heterocycles. The van der Waals surface area contributed by atoms with Crippen LogP contribution < -0.4 is 5.32 Å². The number of amides is 1. The number of oxazole rings is 1. The molecule has 34 heavy (non-hydrogen) atoms. The van der Waals surface area contributed by atoms with Gasteiger partial charge in [-0.05, 0) is 47.5 Å². The van der Waals surface area contributed by atoms with Crippen molar-refractivity contribution in [3.63, 3.8) is 0 Å². The van der Waals surface area contributed by atoms with E-state index in [1.54, 1.807) is 18.2 Å². The molecule has 1 aromatic heterocycles. The maximum Gasteiger partial charge on any atom is 0.408 e. The summed E-state index contributed by atoms with van der Waals surface area (Å²) in [5, 5.41) is 11.6. The number of nitrogens with zero attached hydrogens (tertiary/aromatic N) is 1. The van der Waals surface area contributed by atoms with E-state index >= 15 is 0 Å². The van der Waals surface area contributed by atoms with E-state index in [2.05, 4.69) is 10.3 Å². The zero-order chi connectivity index (χ0) is 24.2. The summed E-state index contributed by atoms with van der Waals surface area (Å²) in [6, 6.07) is 11.6. The number of alkyl carbamates (subject to hydrolysis) is 1. The summed E-state index contributed by atoms with van der Waals surface area (Å²) >= 11 is 0. The van der Waals surface area contributed by atoms with Gasteiger partial charge in [0.2, 0.25) is 5.89 Å². The number of carbonyl (C=O) groups is 2. The Bertz CT molecular complexity index is 1330. The first-order valence-corrected chi connectivity index (χ1v) is 10.0. The Morgan fingerprint density at radius 1 is 0.941 bits per heavy atom. The maximum absolute atomic E-state index is 13.5. The van der Waals surface area contributed by atoms with Crippen LogP contribution in [0.4, 0.5) is 18.0 Å². The molecule has 0 spiro atoms. The average molecular weight is 470 g/mol. The normalized spacial score (nSPS) is 11.9. The van der Waals surface area contributed by atoms with Crippen molar-refractivity contribution in [3.8, 4) is 11.5 Å². The summed E-state index contributed by atoms with van der Waals surface area (Å²) < 4.78 is 50.6. The minimum Gasteiger partial charge on any atom is -0.480 e. The second kappa shape index (κ2) is 9.65. The first-order chi connectivity index (χ1) is 16.3. The van der Waals surface area contributed by atoms with Crippen LogP contribution in [0.15, 0.2) is 65.1 Å². The predicted molar refractivity (Wildman–Crippen MR) is 114 cm³/mol. The van der Waals surface area contributed by atoms with Crippen molar-refractivity contribution in [2.24, 2.45) is 0 Å². The number of fused-ring (bicyclic) bond motifs is 1. The highest BCUT2D eigenvalue weighted by atomic mass is 19.1. The van der Waals surface area contributed by atoms with E-state index in [0.717, 1.165) is 18.2 Å². The number of hydrogen-bond donors (Lipinski definition) is 2. The van der Waals surface area contributed by atoms with Gasteiger partial charge in [-0.25, -0.2) is 27.7 Å². The summed E-state index contributed by atoms with van der Waals surface area (Å²) in [7, 11) is 0. The van der Waals surface area contributed by atoms with Gasteiger partial charge < -0.3 is 19.6 Å². The van der Waals surface area contributed by atoms with Gasteiger partial charge in [0.05, 0.1) is 0 Å². The summed E-state index contributed by atoms with van der Waals surface area (Å²) in [6.07, 6.45) is -1.01. The van der Waals surface area contributed by atoms with Crippen LogP contribution in [-0.2, 0) is 22.6 Å². The van der Waals surface area contributed by atoms with Crippen LogP contribution in [0.2, 0.25) is 0 Å². The van der Waals surface area contributed by atoms with Crippen molar-refractivity contribution in [2.75, 3.05) is 0 Å². The smallest absolute Gasteiger partial charge is 0.408 e. The van der Waals surface area contributed by atoms with Crippen LogP contribution in [0.1, 0.15) is 11.1 Å². The molecule has 4 rings (SSSR count). The number of rotatable bonds is 7. The van der Waals surface area contributed by atoms with Crippen molar-refractivity contribution in [3.05, 3.63) is 89.2 Å². The van der Waals surface area contributed by atoms with E-state index in [0.29, 0.717) is 22.2 Å². The van der Waals surface area contributed by atoms with Gasteiger partial charge in [0.1, 0.15) is 35.6 Å². The summed E-state index contributed by atoms with van der Waals surface area (Å²) in [5.41, 5.74) is 1.92. The molecule has 0 saturated heterocycles. The first kappa shape index (κ1) is 22.8. The van der Waals surface area contributed by atoms with Crippen LogP contribution in [0.25, 0.3) is 22.6 Å². The molecule has 0 saturated carbocycles. The summed E-state index contributed by atoms with van der Waals surface area (Å²) in [4.78, 5) is 27.8. The molecule has 4 aromatic rings. The van der Waals surface area contributed by atoms with Crippen LogP contribution in [0, 0.1) is 17.5 Å². The number of carboxylic acids is 1. The molecule has 1 atom stereocenters. The van der Waals surface area contributed by atoms with E-state index in [1.807, 2.05) is 0 Å². The van der Waals surface area contributed by atoms with Gasteiger partial charge in [0.15, 0.2) is 5.58 Å². The van der Waals surface area contributed by atoms with Crippen molar-refractivity contribution in [1.29, 1.82) is 0 Å². The monoisotopic (exact) mass is 470 g/mol. The highest BCUT2D eigenvalue weighted by Crippen LogP contribution is 2.26. The van der Waals surface area contributed by atoms with Crippen LogP contribution in [0.5, 0.6) is 0 Å². The Kier molecular flexibility index (Phi) is 6.48. The first-order valence-electron chi connectivity index (χ1n) is 10.0. The lowest BCUT2D eigenvalue weighted by Crippen LogP contribution is -2.42. The van der Waals surface area contributed by atoms with Crippen LogP contribution in [-0.4, -0.2) is 28.2 Å². The number of aliphatic carboxylic acids is 1. The Morgan fingerprint density at radius 3 is 2.29 bits per heavy atom. The third-order valence-corrected chi connectivity index (χ3v) is 4.87. The number of halogens is 3. The molecule has 1 heterocycles. The molecule has 0 fully saturated rings. The maximum atomic E-state index is 13.5. The van der Waals surface area contributed by atoms with Gasteiger partial charge in [-0.1, -0.05) is 18.2 Å². The van der Waals surface area contributed by atoms with Crippen molar-refractivity contribution >= 4 is 23.2 Å². The molecule has 0 aliphatic carbocycles. The molecule has 10 heteroatoms. The topological polar surface area (TPSA) is 102 Å². The lowest BCUT2D eigenvalue weighted by molar-refractivity contribution is -0.139. The molecule has 0 bridgehead atoms. The summed E-state index contributed by atoms with van der Waals surface area (Å²) in [6.45, 7) is -0.193. The number of carbonyl (C=O) groups excluding carboxylic acids is 1. The highest BCUT2D eigenvalue weighted by Gasteiger charge is 2.21. The van der Waals surface area contributed by atoms with E-state index in [4.69, 9.17) is 9.15 Å². The number of aromatic nitrogens is 1. The zero-order valence-corrected chi connectivity index (χ0v) is 17.4. The Morgan fingerprint density at radius 2 is 1.62 bits per heavy atom. The van der Waals surface area contributed by atoms with E-state index in [-0.39, 0.29) is 24.5 Å². The molecule has 3 aromatic carbocycles. The minimum absolute atomic E-state index is 0.0225. The lowest BCUT2D eigenvalue weighted by atomic mass is 10.1. The fourth-order valence-electron chi connectivity index (χ4n) is 3.25. The summed E-state index contributed by atoms with van der Waals surface area (Å²) in [5.74, 6) is -3.24. The van der Waals surface area contributed by atoms with Gasteiger partial charge in [0, 0.05) is 18.1 Å². The molecule has 2 N–H and O–H groups in total. The van der Waals surface area contributed by atoms with Crippen molar-refractivity contribution in [2.45, 2.75) is 19.1 Å². The third kappa shape index (κ3) is 5.52. The van der Waals surface area contributed by atoms with Gasteiger partial charge in [-0.3, -0.25) is 0 Å². The molecule has 0 unspecified atom stereocenters. The van der Waals surface area contributed by atoms with Gasteiger partial charge in [-0.2, -0.15) is 0 Å². The number of hydrogen-bond acceptors (Lipinski definition) is 5. The number of ether oxygens (including phenoxy) is 1. The number of benzene rings is 3. The third-order valence-electron chi connectivity index (χ3n) is 4.87. The SMILES string of the molecule is O=C(N[C@H](Cc1ccc(F)cc1)C(=O)O)OCc1ccc2oc(-c3cc(F)cc(F)c3)nc2c1. The Labute approximate surface area is 190 Å². The van der Waals surface area contributed by atoms with E-state index in [1.165, 1.54) is 24.3 Å². The largest absolute Gasteiger partial charge is 0.480 e. The molecule has 1 amide bonds. The Balaban J connectivity index is 1.40. The number of carboxylic acid groups (broad SMARTS) is 1. The van der Waals surface area contributed by atoms with Crippen molar-refractivity contribution < 1.29 is 37.0 Å². The standard InChI is InChI=1S/C24H17F3N2O5/c25-16-4-1-13(2-5-16)7-20(23(30)31)29-24(32)33-12-14-3-6-21-19(8-14)28-22(34-21)15-9-17(26)11-18(27)10-15/h1-6,8-11,20H,7,12H2,(H,29,32)(H,30,31)/t20-/m1/s1. The van der Waals surface area contributed by atoms with Crippen LogP contribution >= 0.6 is 0 Å². The van der Waals surface area contributed by atoms with Gasteiger partial charge >= 0.3 is 12.1 Å². The van der Waals surface area contributed by atoms with Crippen molar-refractivity contribution in [1.82, 2.24) is 10.3 Å². The zero-order valence-electron chi connectivity index (χ0n) is 17.4. The average Bonchev–Trinajstić information content (AvgIpc) is 3.21. The molecule has 7 nitrogen and oxygen atoms in total. The lowest BCUT2D eigenvalue weighted by Gasteiger charge is -2.14. The fourth-order valence-corrected chi connectivity index (χ4v) is 3.25. The fraction of sp³-hybridized carbons (Fsp3) is 0.125.